The molecule has 2 rings (SSSR count). The maximum Gasteiger partial charge on any atom is 0.422 e. The lowest BCUT2D eigenvalue weighted by molar-refractivity contribution is -0.153. The summed E-state index contributed by atoms with van der Waals surface area (Å²) in [6.45, 7) is 2.02. The SMILES string of the molecule is CCNC(=NCc1cccc(OCC(F)(F)F)c1)NCc1ccc(C(=O)N(C)C)cc1. The second-order valence-electron chi connectivity index (χ2n) is 7.00. The van der Waals surface area contributed by atoms with E-state index in [1.54, 1.807) is 44.4 Å². The Labute approximate surface area is 180 Å². The molecule has 0 saturated carbocycles. The molecule has 0 heterocycles. The van der Waals surface area contributed by atoms with Gasteiger partial charge in [0.2, 0.25) is 0 Å². The van der Waals surface area contributed by atoms with Crippen molar-refractivity contribution in [1.29, 1.82) is 0 Å². The fourth-order valence-corrected chi connectivity index (χ4v) is 2.62. The summed E-state index contributed by atoms with van der Waals surface area (Å²) in [5.41, 5.74) is 2.31. The van der Waals surface area contributed by atoms with Crippen molar-refractivity contribution < 1.29 is 22.7 Å². The quantitative estimate of drug-likeness (QED) is 0.490. The predicted molar refractivity (Wildman–Crippen MR) is 114 cm³/mol. The van der Waals surface area contributed by atoms with Crippen molar-refractivity contribution in [1.82, 2.24) is 15.5 Å². The summed E-state index contributed by atoms with van der Waals surface area (Å²) in [7, 11) is 3.41. The fraction of sp³-hybridized carbons (Fsp3) is 0.364. The molecule has 0 spiro atoms. The van der Waals surface area contributed by atoms with Gasteiger partial charge in [-0.05, 0) is 42.3 Å². The number of rotatable bonds is 8. The van der Waals surface area contributed by atoms with Crippen LogP contribution in [-0.4, -0.2) is 50.2 Å². The third-order valence-corrected chi connectivity index (χ3v) is 4.13. The van der Waals surface area contributed by atoms with Crippen molar-refractivity contribution in [3.05, 3.63) is 65.2 Å². The summed E-state index contributed by atoms with van der Waals surface area (Å²) in [6.07, 6.45) is -4.38. The number of amides is 1. The molecule has 0 bridgehead atoms. The molecule has 2 aromatic carbocycles. The lowest BCUT2D eigenvalue weighted by atomic mass is 10.1. The van der Waals surface area contributed by atoms with Crippen LogP contribution in [0.3, 0.4) is 0 Å². The first-order valence-corrected chi connectivity index (χ1v) is 9.79. The number of carbonyl (C=O) groups is 1. The molecule has 2 N–H and O–H groups in total. The van der Waals surface area contributed by atoms with Crippen LogP contribution in [0.4, 0.5) is 13.2 Å². The van der Waals surface area contributed by atoms with Crippen LogP contribution in [0, 0.1) is 0 Å². The molecule has 31 heavy (non-hydrogen) atoms. The highest BCUT2D eigenvalue weighted by atomic mass is 19.4. The van der Waals surface area contributed by atoms with Gasteiger partial charge in [0.05, 0.1) is 6.54 Å². The second-order valence-corrected chi connectivity index (χ2v) is 7.00. The summed E-state index contributed by atoms with van der Waals surface area (Å²) < 4.78 is 41.7. The molecular weight excluding hydrogens is 409 g/mol. The number of guanidine groups is 1. The lowest BCUT2D eigenvalue weighted by Crippen LogP contribution is -2.36. The van der Waals surface area contributed by atoms with E-state index in [9.17, 15) is 18.0 Å². The zero-order chi connectivity index (χ0) is 22.9. The monoisotopic (exact) mass is 436 g/mol. The van der Waals surface area contributed by atoms with Crippen LogP contribution in [0.25, 0.3) is 0 Å². The Kier molecular flexibility index (Phi) is 8.72. The van der Waals surface area contributed by atoms with Gasteiger partial charge < -0.3 is 20.3 Å². The van der Waals surface area contributed by atoms with E-state index in [4.69, 9.17) is 4.74 Å². The Bertz CT molecular complexity index is 881. The smallest absolute Gasteiger partial charge is 0.422 e. The van der Waals surface area contributed by atoms with Crippen LogP contribution in [0.2, 0.25) is 0 Å². The van der Waals surface area contributed by atoms with Crippen LogP contribution in [0.5, 0.6) is 5.75 Å². The first kappa shape index (κ1) is 24.0. The molecule has 0 saturated heterocycles. The Balaban J connectivity index is 1.97. The Morgan fingerprint density at radius 2 is 1.77 bits per heavy atom. The number of carbonyl (C=O) groups excluding carboxylic acids is 1. The van der Waals surface area contributed by atoms with Gasteiger partial charge in [-0.15, -0.1) is 0 Å². The molecule has 0 aromatic heterocycles. The Morgan fingerprint density at radius 3 is 2.39 bits per heavy atom. The molecule has 168 valence electrons. The van der Waals surface area contributed by atoms with Crippen molar-refractivity contribution in [2.75, 3.05) is 27.2 Å². The maximum atomic E-state index is 12.3. The summed E-state index contributed by atoms with van der Waals surface area (Å²) in [4.78, 5) is 18.0. The van der Waals surface area contributed by atoms with Gasteiger partial charge in [0, 0.05) is 32.7 Å². The van der Waals surface area contributed by atoms with Gasteiger partial charge in [0.25, 0.3) is 5.91 Å². The highest BCUT2D eigenvalue weighted by molar-refractivity contribution is 5.93. The van der Waals surface area contributed by atoms with E-state index in [2.05, 4.69) is 15.6 Å². The van der Waals surface area contributed by atoms with Crippen molar-refractivity contribution in [3.63, 3.8) is 0 Å². The molecular formula is C22H27F3N4O2. The Morgan fingerprint density at radius 1 is 1.06 bits per heavy atom. The van der Waals surface area contributed by atoms with Crippen LogP contribution in [0.15, 0.2) is 53.5 Å². The van der Waals surface area contributed by atoms with E-state index in [0.29, 0.717) is 24.6 Å². The molecule has 0 atom stereocenters. The fourth-order valence-electron chi connectivity index (χ4n) is 2.62. The third kappa shape index (κ3) is 8.57. The number of ether oxygens (including phenoxy) is 1. The minimum Gasteiger partial charge on any atom is -0.484 e. The first-order valence-electron chi connectivity index (χ1n) is 9.79. The zero-order valence-electron chi connectivity index (χ0n) is 17.8. The minimum absolute atomic E-state index is 0.0594. The molecule has 1 amide bonds. The van der Waals surface area contributed by atoms with Gasteiger partial charge >= 0.3 is 6.18 Å². The topological polar surface area (TPSA) is 66.0 Å². The maximum absolute atomic E-state index is 12.3. The molecule has 0 aliphatic carbocycles. The van der Waals surface area contributed by atoms with Crippen molar-refractivity contribution in [2.45, 2.75) is 26.2 Å². The predicted octanol–water partition coefficient (Wildman–Crippen LogP) is 3.58. The van der Waals surface area contributed by atoms with Gasteiger partial charge in [-0.25, -0.2) is 4.99 Å². The molecule has 0 aliphatic heterocycles. The van der Waals surface area contributed by atoms with E-state index in [1.165, 1.54) is 11.0 Å². The minimum atomic E-state index is -4.38. The number of hydrogen-bond donors (Lipinski definition) is 2. The van der Waals surface area contributed by atoms with E-state index >= 15 is 0 Å². The van der Waals surface area contributed by atoms with Gasteiger partial charge in [-0.1, -0.05) is 24.3 Å². The first-order chi connectivity index (χ1) is 14.7. The number of nitrogens with one attached hydrogen (secondary N) is 2. The number of benzene rings is 2. The van der Waals surface area contributed by atoms with Crippen LogP contribution in [0.1, 0.15) is 28.4 Å². The number of nitrogens with zero attached hydrogens (tertiary/aromatic N) is 2. The highest BCUT2D eigenvalue weighted by Crippen LogP contribution is 2.19. The average molecular weight is 436 g/mol. The van der Waals surface area contributed by atoms with Crippen molar-refractivity contribution in [2.24, 2.45) is 4.99 Å². The molecule has 0 unspecified atom stereocenters. The molecule has 0 radical (unpaired) electrons. The third-order valence-electron chi connectivity index (χ3n) is 4.13. The second kappa shape index (κ2) is 11.2. The summed E-state index contributed by atoms with van der Waals surface area (Å²) in [5, 5.41) is 6.33. The van der Waals surface area contributed by atoms with Gasteiger partial charge in [0.15, 0.2) is 12.6 Å². The normalized spacial score (nSPS) is 11.7. The lowest BCUT2D eigenvalue weighted by Gasteiger charge is -2.13. The van der Waals surface area contributed by atoms with Crippen molar-refractivity contribution >= 4 is 11.9 Å². The summed E-state index contributed by atoms with van der Waals surface area (Å²) in [6, 6.07) is 13.7. The number of hydrogen-bond acceptors (Lipinski definition) is 3. The standard InChI is InChI=1S/C22H27F3N4O2/c1-4-26-21(27-13-16-8-10-18(11-9-16)20(30)29(2)3)28-14-17-6-5-7-19(12-17)31-15-22(23,24)25/h5-12H,4,13-15H2,1-3H3,(H2,26,27,28). The van der Waals surface area contributed by atoms with Gasteiger partial charge in [-0.2, -0.15) is 13.2 Å². The number of halogens is 3. The molecule has 0 aliphatic rings. The molecule has 0 fully saturated rings. The average Bonchev–Trinajstić information content (AvgIpc) is 2.74. The van der Waals surface area contributed by atoms with E-state index < -0.39 is 12.8 Å². The summed E-state index contributed by atoms with van der Waals surface area (Å²) in [5.74, 6) is 0.656. The molecule has 2 aromatic rings. The van der Waals surface area contributed by atoms with E-state index in [-0.39, 0.29) is 18.2 Å². The van der Waals surface area contributed by atoms with Crippen LogP contribution >= 0.6 is 0 Å². The highest BCUT2D eigenvalue weighted by Gasteiger charge is 2.28. The zero-order valence-corrected chi connectivity index (χ0v) is 17.8. The van der Waals surface area contributed by atoms with E-state index in [0.717, 1.165) is 11.1 Å². The number of alkyl halides is 3. The Hall–Kier alpha value is -3.23. The van der Waals surface area contributed by atoms with Crippen LogP contribution in [-0.2, 0) is 13.1 Å². The van der Waals surface area contributed by atoms with Crippen LogP contribution < -0.4 is 15.4 Å². The molecule has 6 nitrogen and oxygen atoms in total. The summed E-state index contributed by atoms with van der Waals surface area (Å²) >= 11 is 0. The van der Waals surface area contributed by atoms with Gasteiger partial charge in [0.1, 0.15) is 5.75 Å². The molecule has 9 heteroatoms. The van der Waals surface area contributed by atoms with E-state index in [1.807, 2.05) is 19.1 Å². The van der Waals surface area contributed by atoms with Gasteiger partial charge in [-0.3, -0.25) is 4.79 Å². The number of aliphatic imine (C=N–C) groups is 1. The largest absolute Gasteiger partial charge is 0.484 e. The van der Waals surface area contributed by atoms with Crippen molar-refractivity contribution in [3.8, 4) is 5.75 Å².